The van der Waals surface area contributed by atoms with E-state index in [1.807, 2.05) is 48.5 Å². The average Bonchev–Trinajstić information content (AvgIpc) is 2.90. The van der Waals surface area contributed by atoms with Crippen LogP contribution in [0.3, 0.4) is 0 Å². The molecule has 1 radical (unpaired) electrons. The van der Waals surface area contributed by atoms with Crippen LogP contribution in [0, 0.1) is 6.07 Å². The summed E-state index contributed by atoms with van der Waals surface area (Å²) in [7, 11) is 0. The van der Waals surface area contributed by atoms with E-state index in [-0.39, 0.29) is 0 Å². The van der Waals surface area contributed by atoms with Crippen molar-refractivity contribution in [1.82, 2.24) is 0 Å². The van der Waals surface area contributed by atoms with E-state index in [1.165, 1.54) is 0 Å². The molecule has 0 aliphatic carbocycles. The van der Waals surface area contributed by atoms with Gasteiger partial charge in [-0.1, -0.05) is 54.6 Å². The second kappa shape index (κ2) is 4.30. The van der Waals surface area contributed by atoms with Crippen LogP contribution in [0.1, 0.15) is 0 Å². The predicted octanol–water partition coefficient (Wildman–Crippen LogP) is 4.41. The van der Waals surface area contributed by atoms with Crippen molar-refractivity contribution in [3.8, 4) is 22.5 Å². The fourth-order valence-electron chi connectivity index (χ4n) is 1.92. The smallest absolute Gasteiger partial charge is 0.141 e. The van der Waals surface area contributed by atoms with Gasteiger partial charge in [0.15, 0.2) is 0 Å². The van der Waals surface area contributed by atoms with Crippen molar-refractivity contribution in [2.45, 2.75) is 0 Å². The van der Waals surface area contributed by atoms with Gasteiger partial charge < -0.3 is 4.42 Å². The van der Waals surface area contributed by atoms with Crippen LogP contribution in [-0.4, -0.2) is 0 Å². The molecule has 81 valence electrons. The molecule has 0 aliphatic rings. The number of rotatable bonds is 2. The molecule has 1 aromatic heterocycles. The van der Waals surface area contributed by atoms with E-state index in [1.54, 1.807) is 6.26 Å². The van der Waals surface area contributed by atoms with Crippen molar-refractivity contribution in [3.05, 3.63) is 73.0 Å². The molecule has 0 fully saturated rings. The Balaban J connectivity index is 2.13. The van der Waals surface area contributed by atoms with Crippen molar-refractivity contribution in [2.75, 3.05) is 0 Å². The lowest BCUT2D eigenvalue weighted by Gasteiger charge is -2.02. The van der Waals surface area contributed by atoms with Crippen LogP contribution in [0.2, 0.25) is 0 Å². The minimum Gasteiger partial charge on any atom is -0.464 e. The molecule has 0 spiro atoms. The third-order valence-electron chi connectivity index (χ3n) is 2.73. The van der Waals surface area contributed by atoms with Gasteiger partial charge in [0.1, 0.15) is 5.76 Å². The zero-order valence-electron chi connectivity index (χ0n) is 9.26. The normalized spacial score (nSPS) is 10.4. The van der Waals surface area contributed by atoms with Gasteiger partial charge in [-0.2, -0.15) is 0 Å². The molecule has 3 rings (SSSR count). The molecule has 1 nitrogen and oxygen atoms in total. The molecule has 1 heteroatoms. The molecule has 17 heavy (non-hydrogen) atoms. The number of hydrogen-bond donors (Lipinski definition) is 0. The molecule has 3 aromatic rings. The zero-order chi connectivity index (χ0) is 11.5. The average molecular weight is 219 g/mol. The van der Waals surface area contributed by atoms with E-state index in [2.05, 4.69) is 18.2 Å². The lowest BCUT2D eigenvalue weighted by molar-refractivity contribution is 0.583. The van der Waals surface area contributed by atoms with Crippen molar-refractivity contribution in [2.24, 2.45) is 0 Å². The highest BCUT2D eigenvalue weighted by Crippen LogP contribution is 2.32. The standard InChI is InChI=1S/C16H11O/c1-3-7-13(8-4-1)15-11-12-17-16(15)14-9-5-2-6-10-14/h2-12H. The van der Waals surface area contributed by atoms with Crippen LogP contribution in [0.4, 0.5) is 0 Å². The van der Waals surface area contributed by atoms with E-state index in [0.717, 1.165) is 22.5 Å². The van der Waals surface area contributed by atoms with E-state index < -0.39 is 0 Å². The van der Waals surface area contributed by atoms with Crippen LogP contribution >= 0.6 is 0 Å². The summed E-state index contributed by atoms with van der Waals surface area (Å²) in [5.41, 5.74) is 3.36. The van der Waals surface area contributed by atoms with Gasteiger partial charge in [-0.3, -0.25) is 0 Å². The Morgan fingerprint density at radius 1 is 0.765 bits per heavy atom. The molecule has 1 heterocycles. The molecule has 0 bridgehead atoms. The third kappa shape index (κ3) is 1.87. The predicted molar refractivity (Wildman–Crippen MR) is 68.4 cm³/mol. The summed E-state index contributed by atoms with van der Waals surface area (Å²) in [6.07, 6.45) is 1.73. The van der Waals surface area contributed by atoms with Gasteiger partial charge in [-0.25, -0.2) is 0 Å². The van der Waals surface area contributed by atoms with Gasteiger partial charge in [0, 0.05) is 11.1 Å². The van der Waals surface area contributed by atoms with Crippen molar-refractivity contribution in [1.29, 1.82) is 0 Å². The largest absolute Gasteiger partial charge is 0.464 e. The van der Waals surface area contributed by atoms with Gasteiger partial charge in [0.05, 0.1) is 6.26 Å². The minimum atomic E-state index is 0.914. The summed E-state index contributed by atoms with van der Waals surface area (Å²) >= 11 is 0. The number of benzene rings is 2. The quantitative estimate of drug-likeness (QED) is 0.622. The topological polar surface area (TPSA) is 13.1 Å². The lowest BCUT2D eigenvalue weighted by atomic mass is 10.0. The highest BCUT2D eigenvalue weighted by atomic mass is 16.3. The fraction of sp³-hybridized carbons (Fsp3) is 0. The lowest BCUT2D eigenvalue weighted by Crippen LogP contribution is -1.79. The molecule has 0 atom stereocenters. The minimum absolute atomic E-state index is 0.914. The Hall–Kier alpha value is -2.28. The van der Waals surface area contributed by atoms with Crippen molar-refractivity contribution in [3.63, 3.8) is 0 Å². The van der Waals surface area contributed by atoms with Gasteiger partial charge in [0.2, 0.25) is 0 Å². The van der Waals surface area contributed by atoms with E-state index in [9.17, 15) is 0 Å². The van der Waals surface area contributed by atoms with E-state index >= 15 is 0 Å². The number of hydrogen-bond acceptors (Lipinski definition) is 1. The van der Waals surface area contributed by atoms with E-state index in [4.69, 9.17) is 4.42 Å². The first-order chi connectivity index (χ1) is 8.45. The Kier molecular flexibility index (Phi) is 2.51. The number of furan rings is 1. The van der Waals surface area contributed by atoms with Gasteiger partial charge in [-0.15, -0.1) is 0 Å². The summed E-state index contributed by atoms with van der Waals surface area (Å²) < 4.78 is 5.59. The molecule has 0 saturated heterocycles. The molecule has 0 saturated carbocycles. The van der Waals surface area contributed by atoms with Crippen molar-refractivity contribution < 1.29 is 4.42 Å². The van der Waals surface area contributed by atoms with Crippen LogP contribution in [0.15, 0.2) is 71.3 Å². The molecular weight excluding hydrogens is 208 g/mol. The fourth-order valence-corrected chi connectivity index (χ4v) is 1.92. The Labute approximate surface area is 100 Å². The SMILES string of the molecule is [c]1ccc(-c2ccoc2-c2ccccc2)cc1. The molecule has 0 aliphatic heterocycles. The maximum Gasteiger partial charge on any atom is 0.141 e. The molecule has 0 unspecified atom stereocenters. The van der Waals surface area contributed by atoms with Gasteiger partial charge >= 0.3 is 0 Å². The van der Waals surface area contributed by atoms with Crippen LogP contribution < -0.4 is 0 Å². The Bertz CT molecular complexity index is 540. The summed E-state index contributed by atoms with van der Waals surface area (Å²) in [5, 5.41) is 0. The van der Waals surface area contributed by atoms with Gasteiger partial charge in [-0.05, 0) is 17.7 Å². The summed E-state index contributed by atoms with van der Waals surface area (Å²) in [5.74, 6) is 0.914. The van der Waals surface area contributed by atoms with Crippen LogP contribution in [-0.2, 0) is 0 Å². The Morgan fingerprint density at radius 3 is 2.29 bits per heavy atom. The first-order valence-corrected chi connectivity index (χ1v) is 5.54. The monoisotopic (exact) mass is 219 g/mol. The summed E-state index contributed by atoms with van der Waals surface area (Å²) in [6.45, 7) is 0. The Morgan fingerprint density at radius 2 is 1.53 bits per heavy atom. The van der Waals surface area contributed by atoms with Crippen molar-refractivity contribution >= 4 is 0 Å². The molecule has 0 amide bonds. The highest BCUT2D eigenvalue weighted by molar-refractivity contribution is 5.79. The van der Waals surface area contributed by atoms with Crippen LogP contribution in [0.25, 0.3) is 22.5 Å². The van der Waals surface area contributed by atoms with E-state index in [0.29, 0.717) is 0 Å². The first kappa shape index (κ1) is 9.91. The second-order valence-electron chi connectivity index (χ2n) is 3.82. The summed E-state index contributed by atoms with van der Waals surface area (Å²) in [4.78, 5) is 0. The second-order valence-corrected chi connectivity index (χ2v) is 3.82. The summed E-state index contributed by atoms with van der Waals surface area (Å²) in [6, 6.07) is 23.1. The molecule has 0 N–H and O–H groups in total. The molecular formula is C16H11O. The highest BCUT2D eigenvalue weighted by Gasteiger charge is 2.09. The maximum absolute atomic E-state index is 5.59. The van der Waals surface area contributed by atoms with Gasteiger partial charge in [0.25, 0.3) is 0 Å². The van der Waals surface area contributed by atoms with Crippen LogP contribution in [0.5, 0.6) is 0 Å². The first-order valence-electron chi connectivity index (χ1n) is 5.54. The zero-order valence-corrected chi connectivity index (χ0v) is 9.26. The molecule has 2 aromatic carbocycles. The maximum atomic E-state index is 5.59. The third-order valence-corrected chi connectivity index (χ3v) is 2.73.